The van der Waals surface area contributed by atoms with Crippen molar-refractivity contribution in [3.05, 3.63) is 41.0 Å². The lowest BCUT2D eigenvalue weighted by Crippen LogP contribution is -2.45. The summed E-state index contributed by atoms with van der Waals surface area (Å²) < 4.78 is 0. The smallest absolute Gasteiger partial charge is 0.407 e. The zero-order valence-corrected chi connectivity index (χ0v) is 13.5. The minimum atomic E-state index is -0.893. The number of benzene rings is 1. The van der Waals surface area contributed by atoms with Crippen LogP contribution in [-0.2, 0) is 13.1 Å². The van der Waals surface area contributed by atoms with E-state index < -0.39 is 12.1 Å². The van der Waals surface area contributed by atoms with Crippen LogP contribution in [0.5, 0.6) is 0 Å². The first-order chi connectivity index (χ1) is 10.8. The summed E-state index contributed by atoms with van der Waals surface area (Å²) in [7, 11) is 0. The molecule has 0 spiro atoms. The second kappa shape index (κ2) is 6.73. The zero-order valence-electron chi connectivity index (χ0n) is 13.5. The maximum atomic E-state index is 11.1. The number of nitrogens with one attached hydrogen (secondary N) is 1. The van der Waals surface area contributed by atoms with Crippen molar-refractivity contribution in [3.63, 3.8) is 0 Å². The standard InChI is InChI=1S/C17H23N3O3/c1-17(2,19-15(18)21)9-4-3-6-12-7-5-8-13-10-20(16(22)23)11-14(12)13/h3,5-8H,4,9-11H2,1-2H3,(H,22,23)(H3,18,19,21). The van der Waals surface area contributed by atoms with E-state index in [4.69, 9.17) is 10.8 Å². The van der Waals surface area contributed by atoms with Gasteiger partial charge in [0.05, 0.1) is 6.54 Å². The van der Waals surface area contributed by atoms with Crippen LogP contribution in [0.4, 0.5) is 9.59 Å². The highest BCUT2D eigenvalue weighted by Crippen LogP contribution is 2.27. The topological polar surface area (TPSA) is 95.7 Å². The van der Waals surface area contributed by atoms with Gasteiger partial charge in [-0.25, -0.2) is 9.59 Å². The molecule has 1 aromatic carbocycles. The van der Waals surface area contributed by atoms with E-state index in [-0.39, 0.29) is 5.54 Å². The summed E-state index contributed by atoms with van der Waals surface area (Å²) >= 11 is 0. The number of hydrogen-bond donors (Lipinski definition) is 3. The normalized spacial score (nSPS) is 14.1. The molecule has 0 unspecified atom stereocenters. The molecule has 0 radical (unpaired) electrons. The first-order valence-corrected chi connectivity index (χ1v) is 7.61. The summed E-state index contributed by atoms with van der Waals surface area (Å²) in [4.78, 5) is 23.4. The summed E-state index contributed by atoms with van der Waals surface area (Å²) in [5.74, 6) is 0. The van der Waals surface area contributed by atoms with Gasteiger partial charge in [-0.05, 0) is 43.4 Å². The molecular weight excluding hydrogens is 294 g/mol. The van der Waals surface area contributed by atoms with Crippen LogP contribution in [0.15, 0.2) is 24.3 Å². The van der Waals surface area contributed by atoms with E-state index in [1.807, 2.05) is 44.2 Å². The number of urea groups is 1. The third-order valence-corrected chi connectivity index (χ3v) is 3.98. The Morgan fingerprint density at radius 2 is 2.13 bits per heavy atom. The Kier molecular flexibility index (Phi) is 4.93. The molecule has 1 aliphatic rings. The average Bonchev–Trinajstić information content (AvgIpc) is 2.87. The number of rotatable bonds is 5. The third-order valence-electron chi connectivity index (χ3n) is 3.98. The predicted octanol–water partition coefficient (Wildman–Crippen LogP) is 2.92. The molecule has 0 atom stereocenters. The summed E-state index contributed by atoms with van der Waals surface area (Å²) in [5.41, 5.74) is 7.98. The summed E-state index contributed by atoms with van der Waals surface area (Å²) in [5, 5.41) is 11.8. The van der Waals surface area contributed by atoms with Crippen molar-refractivity contribution in [1.82, 2.24) is 10.2 Å². The van der Waals surface area contributed by atoms with Crippen molar-refractivity contribution in [2.75, 3.05) is 0 Å². The van der Waals surface area contributed by atoms with Crippen LogP contribution in [0, 0.1) is 0 Å². The molecule has 0 fully saturated rings. The summed E-state index contributed by atoms with van der Waals surface area (Å²) in [6, 6.07) is 5.39. The number of carboxylic acid groups (broad SMARTS) is 1. The Morgan fingerprint density at radius 1 is 1.39 bits per heavy atom. The third kappa shape index (κ3) is 4.48. The van der Waals surface area contributed by atoms with Gasteiger partial charge in [0.1, 0.15) is 0 Å². The number of carbonyl (C=O) groups is 2. The molecule has 1 aromatic rings. The molecule has 0 saturated heterocycles. The SMILES string of the molecule is CC(C)(CCC=Cc1cccc2c1CN(C(=O)O)C2)NC(N)=O. The zero-order chi connectivity index (χ0) is 17.0. The lowest BCUT2D eigenvalue weighted by atomic mass is 9.97. The van der Waals surface area contributed by atoms with E-state index in [1.165, 1.54) is 4.90 Å². The number of allylic oxidation sites excluding steroid dienone is 1. The molecule has 124 valence electrons. The van der Waals surface area contributed by atoms with Crippen molar-refractivity contribution in [2.24, 2.45) is 5.73 Å². The van der Waals surface area contributed by atoms with Crippen LogP contribution >= 0.6 is 0 Å². The second-order valence-corrected chi connectivity index (χ2v) is 6.44. The number of amides is 3. The van der Waals surface area contributed by atoms with Gasteiger partial charge < -0.3 is 16.2 Å². The lowest BCUT2D eigenvalue weighted by Gasteiger charge is -2.24. The number of nitrogens with zero attached hydrogens (tertiary/aromatic N) is 1. The van der Waals surface area contributed by atoms with Crippen LogP contribution in [0.3, 0.4) is 0 Å². The highest BCUT2D eigenvalue weighted by Gasteiger charge is 2.24. The number of primary amides is 1. The first-order valence-electron chi connectivity index (χ1n) is 7.61. The predicted molar refractivity (Wildman–Crippen MR) is 88.8 cm³/mol. The molecule has 0 saturated carbocycles. The highest BCUT2D eigenvalue weighted by molar-refractivity contribution is 5.72. The number of hydrogen-bond acceptors (Lipinski definition) is 2. The molecule has 0 aliphatic carbocycles. The lowest BCUT2D eigenvalue weighted by molar-refractivity contribution is 0.145. The maximum Gasteiger partial charge on any atom is 0.407 e. The van der Waals surface area contributed by atoms with E-state index in [0.29, 0.717) is 13.1 Å². The van der Waals surface area contributed by atoms with E-state index >= 15 is 0 Å². The highest BCUT2D eigenvalue weighted by atomic mass is 16.4. The fourth-order valence-electron chi connectivity index (χ4n) is 2.79. The molecule has 23 heavy (non-hydrogen) atoms. The number of fused-ring (bicyclic) bond motifs is 1. The van der Waals surface area contributed by atoms with Gasteiger partial charge in [-0.1, -0.05) is 30.4 Å². The Bertz CT molecular complexity index is 638. The number of carbonyl (C=O) groups excluding carboxylic acids is 1. The van der Waals surface area contributed by atoms with Crippen molar-refractivity contribution in [2.45, 2.75) is 45.3 Å². The van der Waals surface area contributed by atoms with Crippen LogP contribution in [0.25, 0.3) is 6.08 Å². The van der Waals surface area contributed by atoms with Crippen LogP contribution in [-0.4, -0.2) is 27.7 Å². The Morgan fingerprint density at radius 3 is 2.78 bits per heavy atom. The van der Waals surface area contributed by atoms with E-state index in [2.05, 4.69) is 5.32 Å². The molecule has 3 amide bonds. The molecular formula is C17H23N3O3. The molecule has 0 aromatic heterocycles. The van der Waals surface area contributed by atoms with Gasteiger partial charge in [-0.3, -0.25) is 4.90 Å². The first kappa shape index (κ1) is 16.9. The van der Waals surface area contributed by atoms with Gasteiger partial charge in [0.2, 0.25) is 0 Å². The second-order valence-electron chi connectivity index (χ2n) is 6.44. The molecule has 1 aliphatic heterocycles. The minimum absolute atomic E-state index is 0.352. The van der Waals surface area contributed by atoms with Crippen molar-refractivity contribution in [3.8, 4) is 0 Å². The molecule has 0 bridgehead atoms. The molecule has 4 N–H and O–H groups in total. The maximum absolute atomic E-state index is 11.1. The van der Waals surface area contributed by atoms with Gasteiger partial charge in [-0.15, -0.1) is 0 Å². The van der Waals surface area contributed by atoms with Crippen LogP contribution < -0.4 is 11.1 Å². The van der Waals surface area contributed by atoms with Crippen molar-refractivity contribution >= 4 is 18.2 Å². The fourth-order valence-corrected chi connectivity index (χ4v) is 2.79. The van der Waals surface area contributed by atoms with E-state index in [0.717, 1.165) is 29.5 Å². The molecule has 6 nitrogen and oxygen atoms in total. The minimum Gasteiger partial charge on any atom is -0.465 e. The summed E-state index contributed by atoms with van der Waals surface area (Å²) in [6.07, 6.45) is 4.73. The van der Waals surface area contributed by atoms with Crippen molar-refractivity contribution < 1.29 is 14.7 Å². The van der Waals surface area contributed by atoms with E-state index in [9.17, 15) is 9.59 Å². The Hall–Kier alpha value is -2.50. The molecule has 2 rings (SSSR count). The Balaban J connectivity index is 1.99. The van der Waals surface area contributed by atoms with Crippen molar-refractivity contribution in [1.29, 1.82) is 0 Å². The fraction of sp³-hybridized carbons (Fsp3) is 0.412. The van der Waals surface area contributed by atoms with Gasteiger partial charge in [0, 0.05) is 12.1 Å². The van der Waals surface area contributed by atoms with Crippen LogP contribution in [0.2, 0.25) is 0 Å². The van der Waals surface area contributed by atoms with Gasteiger partial charge in [0.25, 0.3) is 0 Å². The average molecular weight is 317 g/mol. The van der Waals surface area contributed by atoms with E-state index in [1.54, 1.807) is 0 Å². The monoisotopic (exact) mass is 317 g/mol. The largest absolute Gasteiger partial charge is 0.465 e. The van der Waals surface area contributed by atoms with Crippen LogP contribution in [0.1, 0.15) is 43.4 Å². The molecule has 6 heteroatoms. The van der Waals surface area contributed by atoms with Gasteiger partial charge in [-0.2, -0.15) is 0 Å². The molecule has 1 heterocycles. The summed E-state index contributed by atoms with van der Waals surface area (Å²) in [6.45, 7) is 4.73. The number of nitrogens with two attached hydrogens (primary N) is 1. The quantitative estimate of drug-likeness (QED) is 0.779. The van der Waals surface area contributed by atoms with Gasteiger partial charge >= 0.3 is 12.1 Å². The Labute approximate surface area is 136 Å². The van der Waals surface area contributed by atoms with Gasteiger partial charge in [0.15, 0.2) is 0 Å².